The van der Waals surface area contributed by atoms with Gasteiger partial charge in [0.2, 0.25) is 0 Å². The number of rotatable bonds is 3. The van der Waals surface area contributed by atoms with E-state index >= 15 is 0 Å². The fourth-order valence-electron chi connectivity index (χ4n) is 2.45. The summed E-state index contributed by atoms with van der Waals surface area (Å²) in [5.74, 6) is 0. The van der Waals surface area contributed by atoms with E-state index in [1.165, 1.54) is 10.6 Å². The molecule has 3 nitrogen and oxygen atoms in total. The van der Waals surface area contributed by atoms with Crippen molar-refractivity contribution in [2.24, 2.45) is 0 Å². The Bertz CT molecular complexity index is 380. The highest BCUT2D eigenvalue weighted by atomic mass is 19.4. The molecule has 1 unspecified atom stereocenters. The van der Waals surface area contributed by atoms with Crippen molar-refractivity contribution in [2.75, 3.05) is 13.2 Å². The number of halogens is 3. The summed E-state index contributed by atoms with van der Waals surface area (Å²) in [6.07, 6.45) is -2.20. The molecule has 1 saturated heterocycles. The predicted octanol–water partition coefficient (Wildman–Crippen LogP) is 1.62. The quantitative estimate of drug-likeness (QED) is 0.853. The lowest BCUT2D eigenvalue weighted by Gasteiger charge is -2.33. The lowest BCUT2D eigenvalue weighted by molar-refractivity contribution is -0.198. The van der Waals surface area contributed by atoms with E-state index in [0.717, 1.165) is 0 Å². The normalized spacial score (nSPS) is 25.4. The Morgan fingerprint density at radius 2 is 2.24 bits per heavy atom. The standard InChI is InChI=1S/C11H15F3N2O/c12-11(13,14)10(4-2-5-15-10)9-3-1-6-16(9)7-8-17/h1,3,6,15,17H,2,4-5,7-8H2. The van der Waals surface area contributed by atoms with E-state index < -0.39 is 11.7 Å². The van der Waals surface area contributed by atoms with Crippen molar-refractivity contribution in [3.63, 3.8) is 0 Å². The maximum atomic E-state index is 13.3. The van der Waals surface area contributed by atoms with E-state index in [0.29, 0.717) is 13.0 Å². The Morgan fingerprint density at radius 3 is 2.76 bits per heavy atom. The first-order chi connectivity index (χ1) is 8.01. The highest BCUT2D eigenvalue weighted by Crippen LogP contribution is 2.44. The molecule has 1 fully saturated rings. The average molecular weight is 248 g/mol. The SMILES string of the molecule is OCCn1cccc1C1(C(F)(F)F)CCCN1. The largest absolute Gasteiger partial charge is 0.412 e. The number of hydrogen-bond acceptors (Lipinski definition) is 2. The van der Waals surface area contributed by atoms with Gasteiger partial charge in [0.15, 0.2) is 5.54 Å². The van der Waals surface area contributed by atoms with Crippen molar-refractivity contribution >= 4 is 0 Å². The first-order valence-electron chi connectivity index (χ1n) is 5.59. The van der Waals surface area contributed by atoms with Crippen LogP contribution >= 0.6 is 0 Å². The monoisotopic (exact) mass is 248 g/mol. The molecule has 1 atom stereocenters. The molecule has 0 radical (unpaired) electrons. The lowest BCUT2D eigenvalue weighted by Crippen LogP contribution is -2.51. The van der Waals surface area contributed by atoms with E-state index in [1.807, 2.05) is 0 Å². The van der Waals surface area contributed by atoms with Crippen molar-refractivity contribution < 1.29 is 18.3 Å². The van der Waals surface area contributed by atoms with Crippen LogP contribution in [0.3, 0.4) is 0 Å². The Balaban J connectivity index is 2.43. The third kappa shape index (κ3) is 1.95. The highest BCUT2D eigenvalue weighted by Gasteiger charge is 2.58. The van der Waals surface area contributed by atoms with E-state index in [1.54, 1.807) is 12.3 Å². The second-order valence-electron chi connectivity index (χ2n) is 4.24. The van der Waals surface area contributed by atoms with Gasteiger partial charge < -0.3 is 9.67 Å². The number of hydrogen-bond donors (Lipinski definition) is 2. The molecule has 6 heteroatoms. The maximum Gasteiger partial charge on any atom is 0.412 e. The lowest BCUT2D eigenvalue weighted by atomic mass is 9.92. The van der Waals surface area contributed by atoms with Crippen molar-refractivity contribution in [1.82, 2.24) is 9.88 Å². The molecule has 2 N–H and O–H groups in total. The molecule has 0 aliphatic carbocycles. The molecule has 17 heavy (non-hydrogen) atoms. The fourth-order valence-corrected chi connectivity index (χ4v) is 2.45. The van der Waals surface area contributed by atoms with Gasteiger partial charge in [-0.2, -0.15) is 13.2 Å². The van der Waals surface area contributed by atoms with Gasteiger partial charge in [0, 0.05) is 18.4 Å². The summed E-state index contributed by atoms with van der Waals surface area (Å²) in [5.41, 5.74) is -1.76. The van der Waals surface area contributed by atoms with Gasteiger partial charge in [0.05, 0.1) is 6.61 Å². The molecule has 0 saturated carbocycles. The van der Waals surface area contributed by atoms with E-state index in [2.05, 4.69) is 5.32 Å². The van der Waals surface area contributed by atoms with E-state index in [4.69, 9.17) is 5.11 Å². The van der Waals surface area contributed by atoms with Gasteiger partial charge in [0.1, 0.15) is 0 Å². The molecule has 1 aromatic heterocycles. The fraction of sp³-hybridized carbons (Fsp3) is 0.636. The minimum absolute atomic E-state index is 0.0476. The third-order valence-corrected chi connectivity index (χ3v) is 3.25. The van der Waals surface area contributed by atoms with Crippen LogP contribution < -0.4 is 5.32 Å². The minimum atomic E-state index is -4.32. The van der Waals surface area contributed by atoms with Gasteiger partial charge in [-0.25, -0.2) is 0 Å². The number of nitrogens with zero attached hydrogens (tertiary/aromatic N) is 1. The minimum Gasteiger partial charge on any atom is -0.395 e. The molecule has 0 aromatic carbocycles. The summed E-state index contributed by atoms with van der Waals surface area (Å²) in [7, 11) is 0. The number of nitrogens with one attached hydrogen (secondary N) is 1. The van der Waals surface area contributed by atoms with Gasteiger partial charge in [-0.1, -0.05) is 0 Å². The van der Waals surface area contributed by atoms with Crippen molar-refractivity contribution in [2.45, 2.75) is 31.1 Å². The summed E-state index contributed by atoms with van der Waals surface area (Å²) in [6.45, 7) is 0.376. The molecule has 96 valence electrons. The second kappa shape index (κ2) is 4.34. The van der Waals surface area contributed by atoms with Crippen LogP contribution in [0.4, 0.5) is 13.2 Å². The smallest absolute Gasteiger partial charge is 0.395 e. The van der Waals surface area contributed by atoms with Gasteiger partial charge in [0.25, 0.3) is 0 Å². The van der Waals surface area contributed by atoms with E-state index in [-0.39, 0.29) is 25.3 Å². The van der Waals surface area contributed by atoms with Crippen LogP contribution in [0.1, 0.15) is 18.5 Å². The van der Waals surface area contributed by atoms with Gasteiger partial charge in [-0.05, 0) is 31.5 Å². The molecule has 0 spiro atoms. The third-order valence-electron chi connectivity index (χ3n) is 3.25. The van der Waals surface area contributed by atoms with Crippen LogP contribution in [0.2, 0.25) is 0 Å². The first kappa shape index (κ1) is 12.4. The van der Waals surface area contributed by atoms with Crippen LogP contribution in [0.25, 0.3) is 0 Å². The maximum absolute atomic E-state index is 13.3. The predicted molar refractivity (Wildman–Crippen MR) is 56.5 cm³/mol. The topological polar surface area (TPSA) is 37.2 Å². The van der Waals surface area contributed by atoms with Gasteiger partial charge in [-0.15, -0.1) is 0 Å². The number of aliphatic hydroxyl groups excluding tert-OH is 1. The zero-order valence-corrected chi connectivity index (χ0v) is 9.30. The molecule has 2 heterocycles. The molecule has 0 amide bonds. The Labute approximate surface area is 97.2 Å². The zero-order chi connectivity index (χ0) is 12.5. The Kier molecular flexibility index (Phi) is 3.18. The van der Waals surface area contributed by atoms with Gasteiger partial charge in [-0.3, -0.25) is 5.32 Å². The van der Waals surface area contributed by atoms with Crippen molar-refractivity contribution in [1.29, 1.82) is 0 Å². The Hall–Kier alpha value is -1.01. The van der Waals surface area contributed by atoms with Gasteiger partial charge >= 0.3 is 6.18 Å². The number of alkyl halides is 3. The number of aliphatic hydroxyl groups is 1. The molecule has 1 aliphatic heterocycles. The van der Waals surface area contributed by atoms with Crippen LogP contribution in [0.15, 0.2) is 18.3 Å². The Morgan fingerprint density at radius 1 is 1.47 bits per heavy atom. The summed E-state index contributed by atoms with van der Waals surface area (Å²) in [4.78, 5) is 0. The van der Waals surface area contributed by atoms with E-state index in [9.17, 15) is 13.2 Å². The average Bonchev–Trinajstić information content (AvgIpc) is 2.83. The summed E-state index contributed by atoms with van der Waals surface area (Å²) in [6, 6.07) is 3.06. The molecular weight excluding hydrogens is 233 g/mol. The van der Waals surface area contributed by atoms with Crippen molar-refractivity contribution in [3.8, 4) is 0 Å². The number of aromatic nitrogens is 1. The highest BCUT2D eigenvalue weighted by molar-refractivity contribution is 5.23. The van der Waals surface area contributed by atoms with Crippen molar-refractivity contribution in [3.05, 3.63) is 24.0 Å². The summed E-state index contributed by atoms with van der Waals surface area (Å²) >= 11 is 0. The van der Waals surface area contributed by atoms with Crippen LogP contribution in [0, 0.1) is 0 Å². The molecular formula is C11H15F3N2O. The van der Waals surface area contributed by atoms with Crippen LogP contribution in [0.5, 0.6) is 0 Å². The molecule has 1 aromatic rings. The second-order valence-corrected chi connectivity index (χ2v) is 4.24. The zero-order valence-electron chi connectivity index (χ0n) is 9.30. The summed E-state index contributed by atoms with van der Waals surface area (Å²) < 4.78 is 41.2. The first-order valence-corrected chi connectivity index (χ1v) is 5.59. The molecule has 2 rings (SSSR count). The molecule has 0 bridgehead atoms. The van der Waals surface area contributed by atoms with Crippen LogP contribution in [-0.2, 0) is 12.1 Å². The summed E-state index contributed by atoms with van der Waals surface area (Å²) in [5, 5.41) is 11.5. The molecule has 1 aliphatic rings. The van der Waals surface area contributed by atoms with Crippen LogP contribution in [-0.4, -0.2) is 29.0 Å².